The smallest absolute Gasteiger partial charge is 0.276 e. The van der Waals surface area contributed by atoms with Crippen molar-refractivity contribution in [3.63, 3.8) is 0 Å². The van der Waals surface area contributed by atoms with Gasteiger partial charge in [-0.05, 0) is 45.0 Å². The minimum absolute atomic E-state index is 0.0346. The van der Waals surface area contributed by atoms with E-state index in [0.717, 1.165) is 0 Å². The third kappa shape index (κ3) is 4.57. The van der Waals surface area contributed by atoms with E-state index in [-0.39, 0.29) is 10.6 Å². The lowest BCUT2D eigenvalue weighted by Crippen LogP contribution is -2.20. The monoisotopic (exact) mass is 377 g/mol. The molecule has 0 unspecified atom stereocenters. The van der Waals surface area contributed by atoms with Crippen LogP contribution in [0.2, 0.25) is 0 Å². The first-order chi connectivity index (χ1) is 12.2. The molecule has 2 aromatic carbocycles. The Balaban J connectivity index is 2.21. The molecule has 0 fully saturated rings. The van der Waals surface area contributed by atoms with Gasteiger partial charge in [0.15, 0.2) is 0 Å². The molecule has 0 bridgehead atoms. The molecule has 0 atom stereocenters. The van der Waals surface area contributed by atoms with Gasteiger partial charge >= 0.3 is 0 Å². The molecular formula is C17H19N3O5S. The van der Waals surface area contributed by atoms with Crippen molar-refractivity contribution in [2.45, 2.75) is 25.7 Å². The van der Waals surface area contributed by atoms with Gasteiger partial charge in [0.05, 0.1) is 22.1 Å². The lowest BCUT2D eigenvalue weighted by molar-refractivity contribution is -0.385. The number of hydrogen-bond acceptors (Lipinski definition) is 6. The SMILES string of the molecule is CCOc1ccc(S(=O)(=O)N/N=C(/C)c2ccc(C)c([N+](=O)[O-])c2)cc1. The number of nitrogens with zero attached hydrogens (tertiary/aromatic N) is 2. The van der Waals surface area contributed by atoms with Gasteiger partial charge < -0.3 is 4.74 Å². The lowest BCUT2D eigenvalue weighted by atomic mass is 10.1. The van der Waals surface area contributed by atoms with Gasteiger partial charge in [0.25, 0.3) is 15.7 Å². The van der Waals surface area contributed by atoms with Gasteiger partial charge in [-0.15, -0.1) is 0 Å². The van der Waals surface area contributed by atoms with E-state index < -0.39 is 14.9 Å². The Bertz CT molecular complexity index is 937. The number of sulfonamides is 1. The largest absolute Gasteiger partial charge is 0.494 e. The van der Waals surface area contributed by atoms with E-state index in [2.05, 4.69) is 9.93 Å². The summed E-state index contributed by atoms with van der Waals surface area (Å²) in [7, 11) is -3.86. The maximum atomic E-state index is 12.3. The summed E-state index contributed by atoms with van der Waals surface area (Å²) in [5.41, 5.74) is 1.23. The van der Waals surface area contributed by atoms with Crippen molar-refractivity contribution in [2.75, 3.05) is 6.61 Å². The van der Waals surface area contributed by atoms with E-state index in [9.17, 15) is 18.5 Å². The van der Waals surface area contributed by atoms with Gasteiger partial charge in [-0.2, -0.15) is 18.4 Å². The van der Waals surface area contributed by atoms with Crippen molar-refractivity contribution in [1.29, 1.82) is 0 Å². The number of hydrazone groups is 1. The molecule has 0 saturated heterocycles. The normalized spacial score (nSPS) is 11.9. The van der Waals surface area contributed by atoms with Crippen LogP contribution in [-0.2, 0) is 10.0 Å². The first-order valence-corrected chi connectivity index (χ1v) is 9.27. The molecule has 2 rings (SSSR count). The fourth-order valence-corrected chi connectivity index (χ4v) is 3.02. The second-order valence-corrected chi connectivity index (χ2v) is 7.12. The summed E-state index contributed by atoms with van der Waals surface area (Å²) in [6, 6.07) is 10.5. The van der Waals surface area contributed by atoms with E-state index in [4.69, 9.17) is 4.74 Å². The van der Waals surface area contributed by atoms with Gasteiger partial charge in [0.1, 0.15) is 5.75 Å². The summed E-state index contributed by atoms with van der Waals surface area (Å²) in [6.45, 7) is 5.51. The van der Waals surface area contributed by atoms with Crippen molar-refractivity contribution in [3.05, 3.63) is 63.7 Å². The molecule has 2 aromatic rings. The van der Waals surface area contributed by atoms with Crippen molar-refractivity contribution in [2.24, 2.45) is 5.10 Å². The van der Waals surface area contributed by atoms with E-state index in [1.165, 1.54) is 18.2 Å². The highest BCUT2D eigenvalue weighted by Gasteiger charge is 2.15. The van der Waals surface area contributed by atoms with E-state index >= 15 is 0 Å². The third-order valence-electron chi connectivity index (χ3n) is 3.60. The molecule has 0 amide bonds. The van der Waals surface area contributed by atoms with Crippen LogP contribution in [-0.4, -0.2) is 25.7 Å². The second kappa shape index (κ2) is 7.96. The molecule has 0 aliphatic rings. The molecule has 0 aromatic heterocycles. The Kier molecular flexibility index (Phi) is 5.93. The zero-order valence-electron chi connectivity index (χ0n) is 14.6. The van der Waals surface area contributed by atoms with E-state index in [1.54, 1.807) is 38.1 Å². The Morgan fingerprint density at radius 1 is 1.23 bits per heavy atom. The molecular weight excluding hydrogens is 358 g/mol. The zero-order valence-corrected chi connectivity index (χ0v) is 15.4. The van der Waals surface area contributed by atoms with Gasteiger partial charge in [-0.25, -0.2) is 0 Å². The minimum atomic E-state index is -3.86. The first-order valence-electron chi connectivity index (χ1n) is 7.79. The average molecular weight is 377 g/mol. The van der Waals surface area contributed by atoms with Gasteiger partial charge in [-0.3, -0.25) is 10.1 Å². The number of hydrogen-bond donors (Lipinski definition) is 1. The summed E-state index contributed by atoms with van der Waals surface area (Å²) in [5.74, 6) is 0.568. The second-order valence-electron chi connectivity index (χ2n) is 5.45. The maximum absolute atomic E-state index is 12.3. The molecule has 1 N–H and O–H groups in total. The third-order valence-corrected chi connectivity index (χ3v) is 4.83. The van der Waals surface area contributed by atoms with E-state index in [1.807, 2.05) is 6.92 Å². The van der Waals surface area contributed by atoms with Crippen molar-refractivity contribution in [3.8, 4) is 5.75 Å². The van der Waals surface area contributed by atoms with Crippen LogP contribution >= 0.6 is 0 Å². The van der Waals surface area contributed by atoms with Crippen LogP contribution in [0.25, 0.3) is 0 Å². The van der Waals surface area contributed by atoms with Crippen molar-refractivity contribution in [1.82, 2.24) is 4.83 Å². The minimum Gasteiger partial charge on any atom is -0.494 e. The van der Waals surface area contributed by atoms with Crippen LogP contribution in [0.1, 0.15) is 25.0 Å². The number of nitrogens with one attached hydrogen (secondary N) is 1. The van der Waals surface area contributed by atoms with Crippen LogP contribution in [0.4, 0.5) is 5.69 Å². The predicted molar refractivity (Wildman–Crippen MR) is 98.0 cm³/mol. The van der Waals surface area contributed by atoms with Gasteiger partial charge in [0, 0.05) is 17.2 Å². The highest BCUT2D eigenvalue weighted by Crippen LogP contribution is 2.20. The molecule has 0 aliphatic carbocycles. The quantitative estimate of drug-likeness (QED) is 0.453. The fourth-order valence-electron chi connectivity index (χ4n) is 2.16. The summed E-state index contributed by atoms with van der Waals surface area (Å²) >= 11 is 0. The molecule has 0 saturated carbocycles. The Morgan fingerprint density at radius 3 is 2.46 bits per heavy atom. The number of ether oxygens (including phenoxy) is 1. The lowest BCUT2D eigenvalue weighted by Gasteiger charge is -2.07. The van der Waals surface area contributed by atoms with Crippen LogP contribution in [0.3, 0.4) is 0 Å². The van der Waals surface area contributed by atoms with Crippen LogP contribution < -0.4 is 9.57 Å². The Morgan fingerprint density at radius 2 is 1.88 bits per heavy atom. The number of nitro groups is 1. The predicted octanol–water partition coefficient (Wildman–Crippen LogP) is 3.00. The topological polar surface area (TPSA) is 111 Å². The molecule has 8 nitrogen and oxygen atoms in total. The molecule has 26 heavy (non-hydrogen) atoms. The van der Waals surface area contributed by atoms with Crippen LogP contribution in [0.5, 0.6) is 5.75 Å². The fraction of sp³-hybridized carbons (Fsp3) is 0.235. The van der Waals surface area contributed by atoms with E-state index in [0.29, 0.717) is 29.2 Å². The average Bonchev–Trinajstić information content (AvgIpc) is 2.60. The Hall–Kier alpha value is -2.94. The highest BCUT2D eigenvalue weighted by atomic mass is 32.2. The first kappa shape index (κ1) is 19.4. The maximum Gasteiger partial charge on any atom is 0.276 e. The molecule has 0 spiro atoms. The molecule has 0 heterocycles. The molecule has 9 heteroatoms. The molecule has 0 radical (unpaired) electrons. The zero-order chi connectivity index (χ0) is 19.3. The van der Waals surface area contributed by atoms with Crippen LogP contribution in [0.15, 0.2) is 52.5 Å². The van der Waals surface area contributed by atoms with Gasteiger partial charge in [0.2, 0.25) is 0 Å². The summed E-state index contributed by atoms with van der Waals surface area (Å²) in [5, 5.41) is 14.9. The summed E-state index contributed by atoms with van der Waals surface area (Å²) < 4.78 is 29.9. The molecule has 138 valence electrons. The summed E-state index contributed by atoms with van der Waals surface area (Å²) in [6.07, 6.45) is 0. The van der Waals surface area contributed by atoms with Gasteiger partial charge in [-0.1, -0.05) is 12.1 Å². The highest BCUT2D eigenvalue weighted by molar-refractivity contribution is 7.89. The number of rotatable bonds is 7. The van der Waals surface area contributed by atoms with Crippen molar-refractivity contribution >= 4 is 21.4 Å². The van der Waals surface area contributed by atoms with Crippen LogP contribution in [0, 0.1) is 17.0 Å². The number of aryl methyl sites for hydroxylation is 1. The summed E-state index contributed by atoms with van der Waals surface area (Å²) in [4.78, 5) is 12.7. The number of benzene rings is 2. The standard InChI is InChI=1S/C17H19N3O5S/c1-4-25-15-7-9-16(10-8-15)26(23,24)19-18-13(3)14-6-5-12(2)17(11-14)20(21)22/h5-11,19H,4H2,1-3H3/b18-13-. The Labute approximate surface area is 151 Å². The van der Waals surface area contributed by atoms with Crippen molar-refractivity contribution < 1.29 is 18.1 Å². The molecule has 0 aliphatic heterocycles. The number of nitro benzene ring substituents is 1.